The minimum absolute atomic E-state index is 0.0250. The van der Waals surface area contributed by atoms with Crippen molar-refractivity contribution in [3.8, 4) is 11.4 Å². The first-order valence-corrected chi connectivity index (χ1v) is 10.5. The Morgan fingerprint density at radius 3 is 2.63 bits per heavy atom. The molecule has 0 bridgehead atoms. The van der Waals surface area contributed by atoms with Crippen LogP contribution in [0.1, 0.15) is 54.2 Å². The first-order chi connectivity index (χ1) is 14.5. The first kappa shape index (κ1) is 20.3. The molecule has 1 N–H and O–H groups in total. The summed E-state index contributed by atoms with van der Waals surface area (Å²) in [5.74, 6) is -0.127. The highest BCUT2D eigenvalue weighted by Crippen LogP contribution is 2.42. The summed E-state index contributed by atoms with van der Waals surface area (Å²) >= 11 is 0. The standard InChI is InChI=1S/C23H28N4O3/c1-26(2)13-6-7-14-30-19-15-18(23(28)29)24-22-20(19)21(16-9-8-10-16)25-27(22)17-11-4-3-5-12-17/h3-5,11-12,15-16H,6-10,13-14H2,1-2H3,(H,28,29). The highest BCUT2D eigenvalue weighted by molar-refractivity contribution is 5.94. The molecule has 0 unspecified atom stereocenters. The van der Waals surface area contributed by atoms with E-state index in [2.05, 4.69) is 24.0 Å². The summed E-state index contributed by atoms with van der Waals surface area (Å²) in [5.41, 5.74) is 2.35. The zero-order valence-corrected chi connectivity index (χ0v) is 17.5. The van der Waals surface area contributed by atoms with Crippen LogP contribution in [0.2, 0.25) is 0 Å². The monoisotopic (exact) mass is 408 g/mol. The number of fused-ring (bicyclic) bond motifs is 1. The molecule has 0 radical (unpaired) electrons. The van der Waals surface area contributed by atoms with Gasteiger partial charge in [-0.25, -0.2) is 14.5 Å². The molecule has 0 atom stereocenters. The van der Waals surface area contributed by atoms with Gasteiger partial charge in [-0.05, 0) is 58.5 Å². The summed E-state index contributed by atoms with van der Waals surface area (Å²) < 4.78 is 7.88. The van der Waals surface area contributed by atoms with Crippen molar-refractivity contribution in [1.82, 2.24) is 19.7 Å². The number of unbranched alkanes of at least 4 members (excludes halogenated alkanes) is 1. The van der Waals surface area contributed by atoms with Crippen LogP contribution in [0, 0.1) is 0 Å². The topological polar surface area (TPSA) is 80.5 Å². The van der Waals surface area contributed by atoms with Gasteiger partial charge >= 0.3 is 5.97 Å². The van der Waals surface area contributed by atoms with E-state index in [0.29, 0.717) is 23.9 Å². The second-order valence-corrected chi connectivity index (χ2v) is 8.13. The van der Waals surface area contributed by atoms with Gasteiger partial charge in [0, 0.05) is 12.0 Å². The number of aromatic carboxylic acids is 1. The van der Waals surface area contributed by atoms with Gasteiger partial charge in [0.2, 0.25) is 0 Å². The number of hydrogen-bond acceptors (Lipinski definition) is 5. The van der Waals surface area contributed by atoms with Gasteiger partial charge < -0.3 is 14.7 Å². The number of aromatic nitrogens is 3. The molecule has 1 aliphatic carbocycles. The van der Waals surface area contributed by atoms with Crippen molar-refractivity contribution in [3.63, 3.8) is 0 Å². The number of benzene rings is 1. The van der Waals surface area contributed by atoms with Gasteiger partial charge in [-0.15, -0.1) is 0 Å². The molecule has 30 heavy (non-hydrogen) atoms. The van der Waals surface area contributed by atoms with Gasteiger partial charge in [-0.3, -0.25) is 0 Å². The van der Waals surface area contributed by atoms with Crippen LogP contribution in [-0.4, -0.2) is 58.0 Å². The Balaban J connectivity index is 1.76. The van der Waals surface area contributed by atoms with Gasteiger partial charge in [0.15, 0.2) is 11.3 Å². The second-order valence-electron chi connectivity index (χ2n) is 8.13. The fraction of sp³-hybridized carbons (Fsp3) is 0.435. The lowest BCUT2D eigenvalue weighted by Gasteiger charge is -2.24. The van der Waals surface area contributed by atoms with E-state index in [1.165, 1.54) is 6.42 Å². The summed E-state index contributed by atoms with van der Waals surface area (Å²) in [7, 11) is 4.10. The maximum Gasteiger partial charge on any atom is 0.354 e. The molecule has 3 aromatic rings. The number of carbonyl (C=O) groups is 1. The SMILES string of the molecule is CN(C)CCCCOc1cc(C(=O)O)nc2c1c(C1CCC1)nn2-c1ccccc1. The molecule has 2 heterocycles. The Kier molecular flexibility index (Phi) is 5.99. The predicted molar refractivity (Wildman–Crippen MR) is 116 cm³/mol. The Hall–Kier alpha value is -2.93. The zero-order valence-electron chi connectivity index (χ0n) is 17.5. The zero-order chi connectivity index (χ0) is 21.1. The number of nitrogens with zero attached hydrogens (tertiary/aromatic N) is 4. The average molecular weight is 409 g/mol. The van der Waals surface area contributed by atoms with Gasteiger partial charge in [0.1, 0.15) is 5.75 Å². The number of rotatable bonds is 9. The molecule has 0 amide bonds. The molecule has 0 spiro atoms. The summed E-state index contributed by atoms with van der Waals surface area (Å²) in [6, 6.07) is 11.3. The lowest BCUT2D eigenvalue weighted by Crippen LogP contribution is -2.14. The molecule has 0 aliphatic heterocycles. The van der Waals surface area contributed by atoms with E-state index in [0.717, 1.165) is 49.0 Å². The van der Waals surface area contributed by atoms with Crippen LogP contribution in [0.25, 0.3) is 16.7 Å². The van der Waals surface area contributed by atoms with Crippen LogP contribution in [0.3, 0.4) is 0 Å². The second kappa shape index (κ2) is 8.83. The van der Waals surface area contributed by atoms with Crippen LogP contribution in [-0.2, 0) is 0 Å². The van der Waals surface area contributed by atoms with E-state index in [-0.39, 0.29) is 5.69 Å². The maximum absolute atomic E-state index is 11.8. The van der Waals surface area contributed by atoms with Crippen LogP contribution >= 0.6 is 0 Å². The molecule has 1 saturated carbocycles. The van der Waals surface area contributed by atoms with Crippen LogP contribution < -0.4 is 4.74 Å². The van der Waals surface area contributed by atoms with E-state index in [9.17, 15) is 9.90 Å². The molecule has 4 rings (SSSR count). The molecular weight excluding hydrogens is 380 g/mol. The highest BCUT2D eigenvalue weighted by atomic mass is 16.5. The van der Waals surface area contributed by atoms with E-state index < -0.39 is 5.97 Å². The largest absolute Gasteiger partial charge is 0.493 e. The number of carboxylic acids is 1. The maximum atomic E-state index is 11.8. The lowest BCUT2D eigenvalue weighted by atomic mass is 9.82. The van der Waals surface area contributed by atoms with Crippen molar-refractivity contribution in [2.24, 2.45) is 0 Å². The number of para-hydroxylation sites is 1. The van der Waals surface area contributed by atoms with Crippen LogP contribution in [0.15, 0.2) is 36.4 Å². The molecular formula is C23H28N4O3. The number of hydrogen-bond donors (Lipinski definition) is 1. The van der Waals surface area contributed by atoms with Crippen molar-refractivity contribution in [3.05, 3.63) is 47.8 Å². The Bertz CT molecular complexity index is 1030. The van der Waals surface area contributed by atoms with Crippen molar-refractivity contribution < 1.29 is 14.6 Å². The quantitative estimate of drug-likeness (QED) is 0.537. The Morgan fingerprint density at radius 1 is 1.23 bits per heavy atom. The van der Waals surface area contributed by atoms with Crippen molar-refractivity contribution >= 4 is 17.0 Å². The highest BCUT2D eigenvalue weighted by Gasteiger charge is 2.29. The van der Waals surface area contributed by atoms with Gasteiger partial charge in [0.25, 0.3) is 0 Å². The van der Waals surface area contributed by atoms with Crippen LogP contribution in [0.5, 0.6) is 5.75 Å². The fourth-order valence-electron chi connectivity index (χ4n) is 3.76. The van der Waals surface area contributed by atoms with Gasteiger partial charge in [-0.1, -0.05) is 24.6 Å². The smallest absolute Gasteiger partial charge is 0.354 e. The summed E-state index contributed by atoms with van der Waals surface area (Å²) in [4.78, 5) is 18.4. The van der Waals surface area contributed by atoms with E-state index in [1.54, 1.807) is 10.7 Å². The molecule has 1 aromatic carbocycles. The van der Waals surface area contributed by atoms with Crippen molar-refractivity contribution in [1.29, 1.82) is 0 Å². The average Bonchev–Trinajstić information content (AvgIpc) is 3.06. The van der Waals surface area contributed by atoms with Gasteiger partial charge in [0.05, 0.1) is 23.4 Å². The normalized spacial score (nSPS) is 14.2. The third-order valence-corrected chi connectivity index (χ3v) is 5.60. The third kappa shape index (κ3) is 4.16. The summed E-state index contributed by atoms with van der Waals surface area (Å²) in [6.07, 6.45) is 5.28. The molecule has 158 valence electrons. The van der Waals surface area contributed by atoms with E-state index >= 15 is 0 Å². The molecule has 1 aliphatic rings. The molecule has 1 fully saturated rings. The van der Waals surface area contributed by atoms with Crippen molar-refractivity contribution in [2.45, 2.75) is 38.0 Å². The molecule has 0 saturated heterocycles. The molecule has 7 nitrogen and oxygen atoms in total. The fourth-order valence-corrected chi connectivity index (χ4v) is 3.76. The number of ether oxygens (including phenoxy) is 1. The van der Waals surface area contributed by atoms with E-state index in [1.807, 2.05) is 30.3 Å². The number of carboxylic acid groups (broad SMARTS) is 1. The minimum Gasteiger partial charge on any atom is -0.493 e. The summed E-state index contributed by atoms with van der Waals surface area (Å²) in [6.45, 7) is 1.53. The molecule has 2 aromatic heterocycles. The third-order valence-electron chi connectivity index (χ3n) is 5.60. The van der Waals surface area contributed by atoms with E-state index in [4.69, 9.17) is 9.84 Å². The van der Waals surface area contributed by atoms with Crippen LogP contribution in [0.4, 0.5) is 0 Å². The summed E-state index contributed by atoms with van der Waals surface area (Å²) in [5, 5.41) is 15.4. The predicted octanol–water partition coefficient (Wildman–Crippen LogP) is 4.11. The lowest BCUT2D eigenvalue weighted by molar-refractivity contribution is 0.0690. The Morgan fingerprint density at radius 2 is 2.00 bits per heavy atom. The van der Waals surface area contributed by atoms with Crippen molar-refractivity contribution in [2.75, 3.05) is 27.2 Å². The minimum atomic E-state index is -1.07. The van der Waals surface area contributed by atoms with Gasteiger partial charge in [-0.2, -0.15) is 5.10 Å². The number of pyridine rings is 1. The Labute approximate surface area is 176 Å². The molecule has 7 heteroatoms. The first-order valence-electron chi connectivity index (χ1n) is 10.5.